The van der Waals surface area contributed by atoms with E-state index in [4.69, 9.17) is 9.57 Å². The molecule has 0 radical (unpaired) electrons. The van der Waals surface area contributed by atoms with E-state index in [0.29, 0.717) is 37.5 Å². The number of likely N-dealkylation sites (tertiary alicyclic amines) is 1. The van der Waals surface area contributed by atoms with Gasteiger partial charge >= 0.3 is 0 Å². The molecule has 1 unspecified atom stereocenters. The van der Waals surface area contributed by atoms with Crippen LogP contribution in [-0.2, 0) is 28.8 Å². The zero-order valence-electron chi connectivity index (χ0n) is 31.0. The molecule has 49 heavy (non-hydrogen) atoms. The first-order valence-electron chi connectivity index (χ1n) is 17.9. The average molecular weight is 681 g/mol. The van der Waals surface area contributed by atoms with Gasteiger partial charge in [-0.1, -0.05) is 60.0 Å². The molecule has 2 aliphatic heterocycles. The van der Waals surface area contributed by atoms with Crippen molar-refractivity contribution in [1.29, 1.82) is 0 Å². The molecule has 1 saturated heterocycles. The van der Waals surface area contributed by atoms with Crippen LogP contribution in [0.5, 0.6) is 5.75 Å². The molecule has 11 heteroatoms. The third-order valence-corrected chi connectivity index (χ3v) is 10.1. The topological polar surface area (TPSA) is 143 Å². The maximum atomic E-state index is 14.6. The number of nitrogens with zero attached hydrogens (tertiary/aromatic N) is 2. The molecular formula is C38H56N4O7. The highest BCUT2D eigenvalue weighted by atomic mass is 16.7. The summed E-state index contributed by atoms with van der Waals surface area (Å²) in [5.41, 5.74) is 1.83. The number of amides is 3. The minimum Gasteiger partial charge on any atom is -0.493 e. The smallest absolute Gasteiger partial charge is 0.246 e. The van der Waals surface area contributed by atoms with Gasteiger partial charge in [0.1, 0.15) is 17.8 Å². The lowest BCUT2D eigenvalue weighted by Crippen LogP contribution is -2.59. The molecule has 1 aromatic carbocycles. The molecule has 0 bridgehead atoms. The molecule has 4 rings (SSSR count). The van der Waals surface area contributed by atoms with Crippen LogP contribution in [0.4, 0.5) is 0 Å². The molecule has 3 amide bonds. The maximum absolute atomic E-state index is 14.6. The van der Waals surface area contributed by atoms with Crippen molar-refractivity contribution in [1.82, 2.24) is 15.5 Å². The highest BCUT2D eigenvalue weighted by molar-refractivity contribution is 6.39. The third-order valence-electron chi connectivity index (χ3n) is 10.1. The largest absolute Gasteiger partial charge is 0.493 e. The number of nitrogens with one attached hydrogen (secondary N) is 2. The highest BCUT2D eigenvalue weighted by Crippen LogP contribution is 2.45. The Bertz CT molecular complexity index is 1470. The fourth-order valence-corrected chi connectivity index (χ4v) is 7.28. The molecule has 1 spiro atoms. The number of hydrogen-bond acceptors (Lipinski definition) is 8. The van der Waals surface area contributed by atoms with Gasteiger partial charge in [0.2, 0.25) is 23.5 Å². The zero-order valence-corrected chi connectivity index (χ0v) is 31.0. The van der Waals surface area contributed by atoms with Crippen molar-refractivity contribution in [3.8, 4) is 5.75 Å². The van der Waals surface area contributed by atoms with E-state index < -0.39 is 52.5 Å². The molecule has 2 heterocycles. The molecule has 1 aliphatic carbocycles. The molecule has 6 atom stereocenters. The van der Waals surface area contributed by atoms with Crippen LogP contribution < -0.4 is 15.4 Å². The van der Waals surface area contributed by atoms with Crippen molar-refractivity contribution in [2.75, 3.05) is 13.2 Å². The first kappa shape index (κ1) is 38.0. The summed E-state index contributed by atoms with van der Waals surface area (Å²) in [6, 6.07) is 1.08. The Balaban J connectivity index is 1.65. The van der Waals surface area contributed by atoms with Gasteiger partial charge in [0.25, 0.3) is 0 Å². The Hall–Kier alpha value is -3.76. The molecule has 11 nitrogen and oxygen atoms in total. The summed E-state index contributed by atoms with van der Waals surface area (Å²) in [5, 5.41) is 10.3. The van der Waals surface area contributed by atoms with Gasteiger partial charge in [-0.05, 0) is 74.1 Å². The molecule has 1 saturated carbocycles. The fraction of sp³-hybridized carbons (Fsp3) is 0.684. The lowest BCUT2D eigenvalue weighted by molar-refractivity contribution is -0.145. The summed E-state index contributed by atoms with van der Waals surface area (Å²) in [6.07, 6.45) is 2.17. The van der Waals surface area contributed by atoms with Crippen LogP contribution in [0.15, 0.2) is 17.3 Å². The van der Waals surface area contributed by atoms with Gasteiger partial charge in [-0.25, -0.2) is 0 Å². The van der Waals surface area contributed by atoms with Gasteiger partial charge < -0.3 is 25.1 Å². The first-order chi connectivity index (χ1) is 23.0. The van der Waals surface area contributed by atoms with Crippen LogP contribution in [0, 0.1) is 37.0 Å². The number of ketones is 2. The Morgan fingerprint density at radius 1 is 1.04 bits per heavy atom. The van der Waals surface area contributed by atoms with E-state index in [0.717, 1.165) is 28.9 Å². The summed E-state index contributed by atoms with van der Waals surface area (Å²) in [6.45, 7) is 19.8. The second-order valence-electron chi connectivity index (χ2n) is 15.6. The molecule has 2 N–H and O–H groups in total. The predicted octanol–water partition coefficient (Wildman–Crippen LogP) is 4.82. The van der Waals surface area contributed by atoms with Crippen molar-refractivity contribution < 1.29 is 33.5 Å². The van der Waals surface area contributed by atoms with Crippen LogP contribution in [0.3, 0.4) is 0 Å². The molecule has 1 aromatic rings. The van der Waals surface area contributed by atoms with E-state index >= 15 is 0 Å². The van der Waals surface area contributed by atoms with Crippen LogP contribution in [-0.4, -0.2) is 76.8 Å². The van der Waals surface area contributed by atoms with Gasteiger partial charge in [0.15, 0.2) is 11.4 Å². The van der Waals surface area contributed by atoms with Gasteiger partial charge in [0, 0.05) is 30.7 Å². The van der Waals surface area contributed by atoms with E-state index in [1.54, 1.807) is 6.92 Å². The number of ether oxygens (including phenoxy) is 1. The summed E-state index contributed by atoms with van der Waals surface area (Å²) in [7, 11) is 0. The van der Waals surface area contributed by atoms with Gasteiger partial charge in [0.05, 0.1) is 24.9 Å². The quantitative estimate of drug-likeness (QED) is 0.268. The number of benzene rings is 1. The van der Waals surface area contributed by atoms with Crippen LogP contribution >= 0.6 is 0 Å². The molecule has 270 valence electrons. The van der Waals surface area contributed by atoms with E-state index in [9.17, 15) is 24.0 Å². The van der Waals surface area contributed by atoms with Gasteiger partial charge in [-0.2, -0.15) is 0 Å². The first-order valence-corrected chi connectivity index (χ1v) is 17.9. The van der Waals surface area contributed by atoms with Crippen LogP contribution in [0.25, 0.3) is 0 Å². The fourth-order valence-electron chi connectivity index (χ4n) is 7.28. The van der Waals surface area contributed by atoms with Crippen molar-refractivity contribution in [2.45, 2.75) is 131 Å². The van der Waals surface area contributed by atoms with Gasteiger partial charge in [-0.3, -0.25) is 24.0 Å². The van der Waals surface area contributed by atoms with E-state index in [1.165, 1.54) is 4.90 Å². The Kier molecular flexibility index (Phi) is 11.7. The number of carbonyl (C=O) groups is 5. The van der Waals surface area contributed by atoms with Crippen molar-refractivity contribution in [3.63, 3.8) is 0 Å². The second kappa shape index (κ2) is 15.0. The summed E-state index contributed by atoms with van der Waals surface area (Å²) >= 11 is 0. The average Bonchev–Trinajstić information content (AvgIpc) is 3.62. The molecule has 2 fully saturated rings. The third kappa shape index (κ3) is 8.35. The molecular weight excluding hydrogens is 624 g/mol. The number of rotatable bonds is 14. The maximum Gasteiger partial charge on any atom is 0.246 e. The number of Topliss-reactive ketones (excluding diaryl/α,β-unsaturated/α-hetero) is 2. The monoisotopic (exact) mass is 680 g/mol. The summed E-state index contributed by atoms with van der Waals surface area (Å²) in [4.78, 5) is 75.0. The lowest BCUT2D eigenvalue weighted by atomic mass is 9.85. The lowest BCUT2D eigenvalue weighted by Gasteiger charge is -2.35. The second-order valence-corrected chi connectivity index (χ2v) is 15.6. The van der Waals surface area contributed by atoms with E-state index in [-0.39, 0.29) is 37.1 Å². The van der Waals surface area contributed by atoms with Crippen LogP contribution in [0.1, 0.15) is 111 Å². The number of hydrogen-bond donors (Lipinski definition) is 2. The van der Waals surface area contributed by atoms with E-state index in [1.807, 2.05) is 60.6 Å². The minimum atomic E-state index is -1.01. The Labute approximate surface area is 291 Å². The SMILES string of the molecule is CCC[C@H](NC(=O)[C@@H]1C[C@]2(CC(c3cc(C)c(OCC)c(C)c3)=NO2)CN1C(=O)[C@@H](NC(=O)C1C[C@H]1C(C)C)C(C)(C)C)C(=O)C(=O)CC. The summed E-state index contributed by atoms with van der Waals surface area (Å²) < 4.78 is 5.83. The predicted molar refractivity (Wildman–Crippen MR) is 187 cm³/mol. The Morgan fingerprint density at radius 2 is 1.69 bits per heavy atom. The van der Waals surface area contributed by atoms with E-state index in [2.05, 4.69) is 29.6 Å². The standard InChI is InChI=1S/C38H56N4O7/c1-11-14-27(31(44)30(43)12-2)39-35(46)29-19-38(18-28(41-49-38)24-15-22(6)32(48-13-3)23(7)16-24)20-42(29)36(47)33(37(8,9)10)40-34(45)26-17-25(26)21(4)5/h15-16,21,25-27,29,33H,11-14,17-20H2,1-10H3,(H,39,46)(H,40,45)/t25-,26?,27-,29-,33+,38+/m0/s1. The highest BCUT2D eigenvalue weighted by Gasteiger charge is 2.56. The number of oxime groups is 1. The van der Waals surface area contributed by atoms with Crippen LogP contribution in [0.2, 0.25) is 0 Å². The minimum absolute atomic E-state index is 0.0378. The zero-order chi connectivity index (χ0) is 36.4. The summed E-state index contributed by atoms with van der Waals surface area (Å²) in [5.74, 6) is -0.958. The Morgan fingerprint density at radius 3 is 2.22 bits per heavy atom. The van der Waals surface area contributed by atoms with Crippen molar-refractivity contribution in [3.05, 3.63) is 28.8 Å². The van der Waals surface area contributed by atoms with Crippen molar-refractivity contribution >= 4 is 35.0 Å². The molecule has 3 aliphatic rings. The number of carbonyl (C=O) groups excluding carboxylic acids is 5. The number of aryl methyl sites for hydroxylation is 2. The molecule has 0 aromatic heterocycles. The van der Waals surface area contributed by atoms with Crippen molar-refractivity contribution in [2.24, 2.45) is 28.3 Å². The van der Waals surface area contributed by atoms with Gasteiger partial charge in [-0.15, -0.1) is 0 Å². The normalized spacial score (nSPS) is 24.3.